The van der Waals surface area contributed by atoms with Crippen LogP contribution in [0.15, 0.2) is 62.2 Å². The first-order chi connectivity index (χ1) is 14.4. The Balaban J connectivity index is 1.53. The smallest absolute Gasteiger partial charge is 0.298 e. The Morgan fingerprint density at radius 1 is 1.40 bits per heavy atom. The highest BCUT2D eigenvalue weighted by Crippen LogP contribution is 2.31. The van der Waals surface area contributed by atoms with E-state index in [1.165, 1.54) is 22.1 Å². The van der Waals surface area contributed by atoms with Gasteiger partial charge in [-0.05, 0) is 63.6 Å². The first-order valence-electron chi connectivity index (χ1n) is 10.5. The molecule has 156 valence electrons. The topological polar surface area (TPSA) is 63.0 Å². The van der Waals surface area contributed by atoms with Gasteiger partial charge >= 0.3 is 0 Å². The van der Waals surface area contributed by atoms with Gasteiger partial charge < -0.3 is 4.98 Å². The molecule has 2 heterocycles. The number of aromatic nitrogens is 3. The molecule has 0 spiro atoms. The quantitative estimate of drug-likeness (QED) is 0.359. The maximum Gasteiger partial charge on any atom is 0.298 e. The zero-order valence-corrected chi connectivity index (χ0v) is 19.2. The van der Waals surface area contributed by atoms with E-state index in [-0.39, 0.29) is 5.56 Å². The van der Waals surface area contributed by atoms with Crippen molar-refractivity contribution in [2.45, 2.75) is 46.5 Å². The van der Waals surface area contributed by atoms with E-state index in [0.717, 1.165) is 41.1 Å². The van der Waals surface area contributed by atoms with Crippen LogP contribution in [0.4, 0.5) is 0 Å². The molecule has 0 fully saturated rings. The molecule has 1 aliphatic rings. The summed E-state index contributed by atoms with van der Waals surface area (Å²) in [6.07, 6.45) is 12.4. The maximum atomic E-state index is 12.9. The lowest BCUT2D eigenvalue weighted by Crippen LogP contribution is -2.21. The number of rotatable bonds is 5. The van der Waals surface area contributed by atoms with Gasteiger partial charge in [-0.1, -0.05) is 46.2 Å². The fourth-order valence-corrected chi connectivity index (χ4v) is 4.46. The molecular formula is C24H27BrN4O. The summed E-state index contributed by atoms with van der Waals surface area (Å²) in [4.78, 5) is 20.6. The van der Waals surface area contributed by atoms with Crippen molar-refractivity contribution in [2.24, 2.45) is 16.9 Å². The zero-order valence-electron chi connectivity index (χ0n) is 17.7. The molecule has 6 heteroatoms. The van der Waals surface area contributed by atoms with Crippen molar-refractivity contribution in [1.82, 2.24) is 14.6 Å². The van der Waals surface area contributed by atoms with E-state index < -0.39 is 0 Å². The molecule has 0 bridgehead atoms. The third-order valence-electron chi connectivity index (χ3n) is 5.85. The summed E-state index contributed by atoms with van der Waals surface area (Å²) < 4.78 is 2.30. The molecule has 0 radical (unpaired) electrons. The summed E-state index contributed by atoms with van der Waals surface area (Å²) >= 11 is 3.48. The van der Waals surface area contributed by atoms with Gasteiger partial charge in [-0.15, -0.1) is 0 Å². The normalized spacial score (nSPS) is 19.5. The highest BCUT2D eigenvalue weighted by atomic mass is 79.9. The van der Waals surface area contributed by atoms with Crippen LogP contribution in [0, 0.1) is 11.8 Å². The van der Waals surface area contributed by atoms with Crippen molar-refractivity contribution in [3.05, 3.63) is 62.7 Å². The summed E-state index contributed by atoms with van der Waals surface area (Å²) in [6.45, 7) is 6.56. The molecule has 1 aliphatic carbocycles. The highest BCUT2D eigenvalue weighted by Gasteiger charge is 2.20. The second kappa shape index (κ2) is 8.72. The number of nitrogens with zero attached hydrogens (tertiary/aromatic N) is 3. The minimum absolute atomic E-state index is 0.176. The molecule has 2 atom stereocenters. The van der Waals surface area contributed by atoms with E-state index in [1.807, 2.05) is 24.4 Å². The van der Waals surface area contributed by atoms with Gasteiger partial charge in [0.05, 0.1) is 0 Å². The number of hydrogen-bond donors (Lipinski definition) is 1. The van der Waals surface area contributed by atoms with Crippen LogP contribution in [0.5, 0.6) is 0 Å². The number of nitrogens with one attached hydrogen (secondary N) is 1. The van der Waals surface area contributed by atoms with E-state index in [1.54, 1.807) is 0 Å². The first kappa shape index (κ1) is 20.8. The second-order valence-corrected chi connectivity index (χ2v) is 9.38. The fraction of sp³-hybridized carbons (Fsp3) is 0.375. The number of halogens is 1. The minimum Gasteiger partial charge on any atom is -0.349 e. The molecule has 1 N–H and O–H groups in total. The third-order valence-corrected chi connectivity index (χ3v) is 6.34. The summed E-state index contributed by atoms with van der Waals surface area (Å²) in [5, 5.41) is 5.41. The molecule has 2 aromatic heterocycles. The van der Waals surface area contributed by atoms with Crippen molar-refractivity contribution >= 4 is 44.1 Å². The average molecular weight is 467 g/mol. The van der Waals surface area contributed by atoms with E-state index >= 15 is 0 Å². The summed E-state index contributed by atoms with van der Waals surface area (Å²) in [6, 6.07) is 5.86. The van der Waals surface area contributed by atoms with E-state index in [9.17, 15) is 4.79 Å². The predicted octanol–water partition coefficient (Wildman–Crippen LogP) is 6.19. The van der Waals surface area contributed by atoms with E-state index in [0.29, 0.717) is 22.9 Å². The van der Waals surface area contributed by atoms with Crippen molar-refractivity contribution in [3.63, 3.8) is 0 Å². The molecule has 0 unspecified atom stereocenters. The van der Waals surface area contributed by atoms with Crippen LogP contribution in [0.2, 0.25) is 0 Å². The number of hydrogen-bond acceptors (Lipinski definition) is 3. The lowest BCUT2D eigenvalue weighted by atomic mass is 9.80. The molecule has 5 nitrogen and oxygen atoms in total. The molecule has 0 amide bonds. The molecule has 1 aromatic carbocycles. The maximum absolute atomic E-state index is 12.9. The molecule has 0 aliphatic heterocycles. The Kier molecular flexibility index (Phi) is 6.04. The molecule has 4 rings (SSSR count). The lowest BCUT2D eigenvalue weighted by molar-refractivity contribution is 0.429. The van der Waals surface area contributed by atoms with Crippen LogP contribution in [0.25, 0.3) is 21.9 Å². The van der Waals surface area contributed by atoms with Gasteiger partial charge in [-0.25, -0.2) is 4.98 Å². The van der Waals surface area contributed by atoms with Crippen molar-refractivity contribution < 1.29 is 0 Å². The van der Waals surface area contributed by atoms with Crippen molar-refractivity contribution in [1.29, 1.82) is 0 Å². The van der Waals surface area contributed by atoms with Gasteiger partial charge in [0.2, 0.25) is 0 Å². The Labute approximate surface area is 184 Å². The van der Waals surface area contributed by atoms with Crippen molar-refractivity contribution in [3.8, 4) is 0 Å². The van der Waals surface area contributed by atoms with Crippen LogP contribution in [-0.4, -0.2) is 20.9 Å². The highest BCUT2D eigenvalue weighted by molar-refractivity contribution is 9.10. The number of fused-ring (bicyclic) bond motifs is 3. The van der Waals surface area contributed by atoms with Gasteiger partial charge in [0, 0.05) is 27.5 Å². The number of benzene rings is 1. The number of H-pyrrole nitrogens is 1. The molecule has 30 heavy (non-hydrogen) atoms. The Morgan fingerprint density at radius 2 is 2.23 bits per heavy atom. The van der Waals surface area contributed by atoms with Gasteiger partial charge in [0.1, 0.15) is 17.4 Å². The molecule has 0 saturated heterocycles. The fourth-order valence-electron chi connectivity index (χ4n) is 4.10. The zero-order chi connectivity index (χ0) is 21.3. The predicted molar refractivity (Wildman–Crippen MR) is 128 cm³/mol. The van der Waals surface area contributed by atoms with Gasteiger partial charge in [0.25, 0.3) is 5.56 Å². The molecular weight excluding hydrogens is 440 g/mol. The van der Waals surface area contributed by atoms with Crippen LogP contribution in [-0.2, 0) is 0 Å². The lowest BCUT2D eigenvalue weighted by Gasteiger charge is -2.25. The summed E-state index contributed by atoms with van der Waals surface area (Å²) in [5.74, 6) is 0.844. The van der Waals surface area contributed by atoms with Gasteiger partial charge in [-0.2, -0.15) is 9.78 Å². The van der Waals surface area contributed by atoms with Crippen molar-refractivity contribution in [2.75, 3.05) is 0 Å². The Morgan fingerprint density at radius 3 is 3.00 bits per heavy atom. The third kappa shape index (κ3) is 4.33. The average Bonchev–Trinajstić information content (AvgIpc) is 3.07. The molecule has 3 aromatic rings. The standard InChI is InChI=1S/C24H27BrN4O/c1-15(2)5-4-6-17-7-8-18(16(3)11-17)13-27-29-14-26-22-20-12-19(25)9-10-21(20)28-23(22)24(29)30/h5,7,9-10,12-14,16,18,28H,4,6,8,11H2,1-3H3/b27-13-/t16-,18+/m0/s1. The van der Waals surface area contributed by atoms with Crippen LogP contribution in [0.1, 0.15) is 46.5 Å². The Bertz CT molecular complexity index is 1230. The first-order valence-corrected chi connectivity index (χ1v) is 11.3. The SMILES string of the molecule is CC(C)=CCCC1=CC[C@H](/C=N\n2cnc3c([nH]c4ccc(Br)cc43)c2=O)[C@@H](C)C1. The van der Waals surface area contributed by atoms with E-state index in [4.69, 9.17) is 0 Å². The number of allylic oxidation sites excluding steroid dienone is 4. The largest absolute Gasteiger partial charge is 0.349 e. The minimum atomic E-state index is -0.176. The second-order valence-electron chi connectivity index (χ2n) is 8.46. The Hall–Kier alpha value is -2.47. The molecule has 0 saturated carbocycles. The van der Waals surface area contributed by atoms with Crippen LogP contribution >= 0.6 is 15.9 Å². The summed E-state index contributed by atoms with van der Waals surface area (Å²) in [5.41, 5.74) is 4.80. The van der Waals surface area contributed by atoms with E-state index in [2.05, 4.69) is 63.9 Å². The monoisotopic (exact) mass is 466 g/mol. The summed E-state index contributed by atoms with van der Waals surface area (Å²) in [7, 11) is 0. The number of aromatic amines is 1. The van der Waals surface area contributed by atoms with Gasteiger partial charge in [-0.3, -0.25) is 4.79 Å². The van der Waals surface area contributed by atoms with Crippen LogP contribution < -0.4 is 5.56 Å². The van der Waals surface area contributed by atoms with Crippen LogP contribution in [0.3, 0.4) is 0 Å². The van der Waals surface area contributed by atoms with Gasteiger partial charge in [0.15, 0.2) is 0 Å².